The number of benzene rings is 1. The van der Waals surface area contributed by atoms with Gasteiger partial charge in [-0.25, -0.2) is 0 Å². The Bertz CT molecular complexity index is 365. The molecule has 0 aliphatic heterocycles. The van der Waals surface area contributed by atoms with E-state index in [9.17, 15) is 4.79 Å². The minimum Gasteiger partial charge on any atom is -0.396 e. The molecule has 1 rings (SSSR count). The van der Waals surface area contributed by atoms with E-state index in [4.69, 9.17) is 9.84 Å². The molecule has 17 heavy (non-hydrogen) atoms. The van der Waals surface area contributed by atoms with Crippen molar-refractivity contribution < 1.29 is 14.6 Å². The summed E-state index contributed by atoms with van der Waals surface area (Å²) < 4.78 is 5.73. The SMILES string of the molecule is COCC(CCO)NC(=O)c1ccccc1Br. The Morgan fingerprint density at radius 1 is 1.53 bits per heavy atom. The van der Waals surface area contributed by atoms with Gasteiger partial charge in [-0.3, -0.25) is 4.79 Å². The number of aliphatic hydroxyl groups excluding tert-OH is 1. The predicted molar refractivity (Wildman–Crippen MR) is 69.0 cm³/mol. The molecule has 0 aliphatic rings. The Morgan fingerprint density at radius 3 is 2.82 bits per heavy atom. The van der Waals surface area contributed by atoms with E-state index in [1.807, 2.05) is 12.1 Å². The standard InChI is InChI=1S/C12H16BrNO3/c1-17-8-9(6-7-15)14-12(16)10-4-2-3-5-11(10)13/h2-5,9,15H,6-8H2,1H3,(H,14,16). The van der Waals surface area contributed by atoms with E-state index in [-0.39, 0.29) is 18.6 Å². The summed E-state index contributed by atoms with van der Waals surface area (Å²) in [6.07, 6.45) is 0.476. The summed E-state index contributed by atoms with van der Waals surface area (Å²) in [7, 11) is 1.56. The predicted octanol–water partition coefficient (Wildman–Crippen LogP) is 1.58. The van der Waals surface area contributed by atoms with Gasteiger partial charge in [0.1, 0.15) is 0 Å². The molecule has 0 spiro atoms. The molecule has 2 N–H and O–H groups in total. The Kier molecular flexibility index (Phi) is 6.18. The van der Waals surface area contributed by atoms with Gasteiger partial charge in [-0.05, 0) is 34.5 Å². The van der Waals surface area contributed by atoms with Crippen LogP contribution < -0.4 is 5.32 Å². The molecule has 0 aliphatic carbocycles. The largest absolute Gasteiger partial charge is 0.396 e. The molecule has 1 atom stereocenters. The van der Waals surface area contributed by atoms with Crippen molar-refractivity contribution in [3.8, 4) is 0 Å². The first-order chi connectivity index (χ1) is 8.19. The number of amides is 1. The number of ether oxygens (including phenoxy) is 1. The van der Waals surface area contributed by atoms with Crippen molar-refractivity contribution in [1.29, 1.82) is 0 Å². The fraction of sp³-hybridized carbons (Fsp3) is 0.417. The average Bonchev–Trinajstić information content (AvgIpc) is 2.30. The molecular weight excluding hydrogens is 286 g/mol. The third-order valence-corrected chi connectivity index (χ3v) is 2.99. The molecule has 0 aromatic heterocycles. The molecule has 94 valence electrons. The van der Waals surface area contributed by atoms with E-state index in [1.165, 1.54) is 0 Å². The van der Waals surface area contributed by atoms with Crippen molar-refractivity contribution in [3.05, 3.63) is 34.3 Å². The lowest BCUT2D eigenvalue weighted by Crippen LogP contribution is -2.38. The lowest BCUT2D eigenvalue weighted by Gasteiger charge is -2.17. The fourth-order valence-electron chi connectivity index (χ4n) is 1.46. The number of carbonyl (C=O) groups excluding carboxylic acids is 1. The highest BCUT2D eigenvalue weighted by Gasteiger charge is 2.14. The van der Waals surface area contributed by atoms with Crippen LogP contribution in [0.2, 0.25) is 0 Å². The first kappa shape index (κ1) is 14.2. The molecule has 5 heteroatoms. The molecule has 0 heterocycles. The van der Waals surface area contributed by atoms with E-state index in [0.717, 1.165) is 4.47 Å². The zero-order valence-corrected chi connectivity index (χ0v) is 11.2. The number of aliphatic hydroxyl groups is 1. The summed E-state index contributed by atoms with van der Waals surface area (Å²) in [5.74, 6) is -0.173. The van der Waals surface area contributed by atoms with Crippen LogP contribution in [0.1, 0.15) is 16.8 Å². The summed E-state index contributed by atoms with van der Waals surface area (Å²) in [6, 6.07) is 7.02. The monoisotopic (exact) mass is 301 g/mol. The highest BCUT2D eigenvalue weighted by atomic mass is 79.9. The van der Waals surface area contributed by atoms with Crippen LogP contribution in [0.25, 0.3) is 0 Å². The average molecular weight is 302 g/mol. The van der Waals surface area contributed by atoms with Crippen LogP contribution in [-0.4, -0.2) is 37.4 Å². The van der Waals surface area contributed by atoms with Gasteiger partial charge in [-0.15, -0.1) is 0 Å². The third-order valence-electron chi connectivity index (χ3n) is 2.30. The second kappa shape index (κ2) is 7.42. The van der Waals surface area contributed by atoms with Gasteiger partial charge in [0.15, 0.2) is 0 Å². The number of carbonyl (C=O) groups is 1. The lowest BCUT2D eigenvalue weighted by molar-refractivity contribution is 0.0878. The normalized spacial score (nSPS) is 12.2. The molecule has 1 unspecified atom stereocenters. The Hall–Kier alpha value is -0.910. The van der Waals surface area contributed by atoms with Crippen LogP contribution in [0.4, 0.5) is 0 Å². The van der Waals surface area contributed by atoms with Crippen molar-refractivity contribution in [3.63, 3.8) is 0 Å². The van der Waals surface area contributed by atoms with Gasteiger partial charge in [-0.2, -0.15) is 0 Å². The van der Waals surface area contributed by atoms with Crippen LogP contribution in [-0.2, 0) is 4.74 Å². The van der Waals surface area contributed by atoms with Gasteiger partial charge in [0, 0.05) is 18.2 Å². The second-order valence-corrected chi connectivity index (χ2v) is 4.47. The first-order valence-corrected chi connectivity index (χ1v) is 6.13. The topological polar surface area (TPSA) is 58.6 Å². The van der Waals surface area contributed by atoms with Crippen molar-refractivity contribution in [2.45, 2.75) is 12.5 Å². The Labute approximate surface area is 109 Å². The molecule has 0 saturated carbocycles. The van der Waals surface area contributed by atoms with Crippen LogP contribution in [0.3, 0.4) is 0 Å². The number of hydrogen-bond acceptors (Lipinski definition) is 3. The van der Waals surface area contributed by atoms with E-state index < -0.39 is 0 Å². The maximum atomic E-state index is 11.9. The first-order valence-electron chi connectivity index (χ1n) is 5.34. The van der Waals surface area contributed by atoms with Gasteiger partial charge in [0.05, 0.1) is 18.2 Å². The molecule has 4 nitrogen and oxygen atoms in total. The molecule has 0 fully saturated rings. The van der Waals surface area contributed by atoms with E-state index in [0.29, 0.717) is 18.6 Å². The van der Waals surface area contributed by atoms with E-state index in [2.05, 4.69) is 21.2 Å². The van der Waals surface area contributed by atoms with E-state index >= 15 is 0 Å². The molecule has 1 amide bonds. The number of halogens is 1. The molecule has 1 aromatic rings. The minimum atomic E-state index is -0.176. The zero-order chi connectivity index (χ0) is 12.7. The van der Waals surface area contributed by atoms with Crippen LogP contribution in [0.5, 0.6) is 0 Å². The summed E-state index contributed by atoms with van der Waals surface area (Å²) >= 11 is 3.32. The Morgan fingerprint density at radius 2 is 2.24 bits per heavy atom. The fourth-order valence-corrected chi connectivity index (χ4v) is 1.93. The zero-order valence-electron chi connectivity index (χ0n) is 9.65. The molecule has 0 radical (unpaired) electrons. The quantitative estimate of drug-likeness (QED) is 0.839. The minimum absolute atomic E-state index is 0.0181. The smallest absolute Gasteiger partial charge is 0.252 e. The second-order valence-electron chi connectivity index (χ2n) is 3.62. The van der Waals surface area contributed by atoms with Crippen LogP contribution >= 0.6 is 15.9 Å². The molecule has 1 aromatic carbocycles. The van der Waals surface area contributed by atoms with Crippen molar-refractivity contribution in [1.82, 2.24) is 5.32 Å². The summed E-state index contributed by atoms with van der Waals surface area (Å²) in [6.45, 7) is 0.404. The molecule has 0 saturated heterocycles. The maximum absolute atomic E-state index is 11.9. The molecule has 0 bridgehead atoms. The number of rotatable bonds is 6. The van der Waals surface area contributed by atoms with Crippen LogP contribution in [0.15, 0.2) is 28.7 Å². The third kappa shape index (κ3) is 4.46. The van der Waals surface area contributed by atoms with Crippen molar-refractivity contribution >= 4 is 21.8 Å². The van der Waals surface area contributed by atoms with Crippen LogP contribution in [0, 0.1) is 0 Å². The highest BCUT2D eigenvalue weighted by molar-refractivity contribution is 9.10. The van der Waals surface area contributed by atoms with E-state index in [1.54, 1.807) is 19.2 Å². The summed E-state index contributed by atoms with van der Waals surface area (Å²) in [5, 5.41) is 11.7. The highest BCUT2D eigenvalue weighted by Crippen LogP contribution is 2.15. The maximum Gasteiger partial charge on any atom is 0.252 e. The van der Waals surface area contributed by atoms with Gasteiger partial charge < -0.3 is 15.2 Å². The number of hydrogen-bond donors (Lipinski definition) is 2. The van der Waals surface area contributed by atoms with Gasteiger partial charge in [-0.1, -0.05) is 12.1 Å². The summed E-state index contributed by atoms with van der Waals surface area (Å²) in [4.78, 5) is 11.9. The van der Waals surface area contributed by atoms with Gasteiger partial charge in [0.2, 0.25) is 0 Å². The Balaban J connectivity index is 2.67. The van der Waals surface area contributed by atoms with Crippen molar-refractivity contribution in [2.75, 3.05) is 20.3 Å². The van der Waals surface area contributed by atoms with Gasteiger partial charge >= 0.3 is 0 Å². The summed E-state index contributed by atoms with van der Waals surface area (Å²) in [5.41, 5.74) is 0.576. The number of methoxy groups -OCH3 is 1. The lowest BCUT2D eigenvalue weighted by atomic mass is 10.1. The van der Waals surface area contributed by atoms with Crippen molar-refractivity contribution in [2.24, 2.45) is 0 Å². The van der Waals surface area contributed by atoms with Gasteiger partial charge in [0.25, 0.3) is 5.91 Å². The number of nitrogens with one attached hydrogen (secondary N) is 1. The molecular formula is C12H16BrNO3.